The zero-order chi connectivity index (χ0) is 17.2. The molecule has 0 spiro atoms. The second kappa shape index (κ2) is 9.73. The Morgan fingerprint density at radius 2 is 1.71 bits per heavy atom. The number of ether oxygens (including phenoxy) is 2. The summed E-state index contributed by atoms with van der Waals surface area (Å²) in [4.78, 5) is 14.3. The predicted molar refractivity (Wildman–Crippen MR) is 95.1 cm³/mol. The van der Waals surface area contributed by atoms with Gasteiger partial charge in [-0.05, 0) is 29.7 Å². The monoisotopic (exact) mass is 327 g/mol. The van der Waals surface area contributed by atoms with Gasteiger partial charge in [0.1, 0.15) is 5.75 Å². The number of rotatable bonds is 9. The molecule has 0 unspecified atom stereocenters. The fourth-order valence-electron chi connectivity index (χ4n) is 2.35. The summed E-state index contributed by atoms with van der Waals surface area (Å²) in [5.74, 6) is 0.669. The quantitative estimate of drug-likeness (QED) is 0.709. The van der Waals surface area contributed by atoms with Gasteiger partial charge in [-0.2, -0.15) is 0 Å². The lowest BCUT2D eigenvalue weighted by molar-refractivity contribution is -0.134. The molecular weight excluding hydrogens is 302 g/mol. The summed E-state index contributed by atoms with van der Waals surface area (Å²) >= 11 is 0. The van der Waals surface area contributed by atoms with Gasteiger partial charge in [0.25, 0.3) is 5.91 Å². The maximum atomic E-state index is 12.5. The van der Waals surface area contributed by atoms with Crippen LogP contribution in [0.25, 0.3) is 0 Å². The van der Waals surface area contributed by atoms with Crippen LogP contribution in [0.3, 0.4) is 0 Å². The van der Waals surface area contributed by atoms with Crippen LogP contribution >= 0.6 is 0 Å². The Hall–Kier alpha value is -2.33. The molecule has 0 aliphatic heterocycles. The van der Waals surface area contributed by atoms with E-state index in [0.717, 1.165) is 12.0 Å². The van der Waals surface area contributed by atoms with Crippen molar-refractivity contribution in [3.63, 3.8) is 0 Å². The van der Waals surface area contributed by atoms with Crippen LogP contribution in [-0.4, -0.2) is 37.7 Å². The molecule has 24 heavy (non-hydrogen) atoms. The Morgan fingerprint density at radius 3 is 2.33 bits per heavy atom. The van der Waals surface area contributed by atoms with E-state index in [-0.39, 0.29) is 12.5 Å². The van der Waals surface area contributed by atoms with Crippen LogP contribution in [-0.2, 0) is 22.5 Å². The van der Waals surface area contributed by atoms with Crippen molar-refractivity contribution in [3.05, 3.63) is 65.7 Å². The zero-order valence-electron chi connectivity index (χ0n) is 14.4. The van der Waals surface area contributed by atoms with Crippen molar-refractivity contribution in [1.29, 1.82) is 0 Å². The van der Waals surface area contributed by atoms with Crippen molar-refractivity contribution >= 4 is 5.91 Å². The largest absolute Gasteiger partial charge is 0.484 e. The molecule has 1 amide bonds. The fraction of sp³-hybridized carbons (Fsp3) is 0.350. The number of aryl methyl sites for hydroxylation is 1. The van der Waals surface area contributed by atoms with Gasteiger partial charge in [0.05, 0.1) is 6.61 Å². The third kappa shape index (κ3) is 5.70. The van der Waals surface area contributed by atoms with Crippen LogP contribution < -0.4 is 4.74 Å². The first-order chi connectivity index (χ1) is 11.7. The molecule has 0 atom stereocenters. The molecule has 0 bridgehead atoms. The highest BCUT2D eigenvalue weighted by Crippen LogP contribution is 2.13. The van der Waals surface area contributed by atoms with Gasteiger partial charge in [-0.15, -0.1) is 0 Å². The molecule has 0 saturated carbocycles. The number of amides is 1. The molecule has 0 fully saturated rings. The predicted octanol–water partition coefficient (Wildman–Crippen LogP) is 3.30. The van der Waals surface area contributed by atoms with Gasteiger partial charge in [-0.3, -0.25) is 4.79 Å². The highest BCUT2D eigenvalue weighted by atomic mass is 16.5. The summed E-state index contributed by atoms with van der Waals surface area (Å²) in [6.45, 7) is 3.74. The molecule has 2 rings (SSSR count). The SMILES string of the molecule is CCc1ccc(OCC(=O)N(CCOC)Cc2ccccc2)cc1. The lowest BCUT2D eigenvalue weighted by Crippen LogP contribution is -2.36. The van der Waals surface area contributed by atoms with Crippen molar-refractivity contribution in [3.8, 4) is 5.75 Å². The average Bonchev–Trinajstić information content (AvgIpc) is 2.64. The minimum absolute atomic E-state index is 0.0298. The van der Waals surface area contributed by atoms with Crippen LogP contribution in [0.1, 0.15) is 18.1 Å². The summed E-state index contributed by atoms with van der Waals surface area (Å²) < 4.78 is 10.7. The van der Waals surface area contributed by atoms with Gasteiger partial charge >= 0.3 is 0 Å². The van der Waals surface area contributed by atoms with E-state index in [9.17, 15) is 4.79 Å². The first-order valence-corrected chi connectivity index (χ1v) is 8.25. The molecule has 0 heterocycles. The van der Waals surface area contributed by atoms with E-state index in [2.05, 4.69) is 6.92 Å². The van der Waals surface area contributed by atoms with Crippen LogP contribution in [0.2, 0.25) is 0 Å². The number of methoxy groups -OCH3 is 1. The highest BCUT2D eigenvalue weighted by Gasteiger charge is 2.14. The van der Waals surface area contributed by atoms with Crippen LogP contribution in [0.4, 0.5) is 0 Å². The molecule has 128 valence electrons. The highest BCUT2D eigenvalue weighted by molar-refractivity contribution is 5.77. The number of carbonyl (C=O) groups excluding carboxylic acids is 1. The van der Waals surface area contributed by atoms with Crippen molar-refractivity contribution < 1.29 is 14.3 Å². The van der Waals surface area contributed by atoms with Gasteiger partial charge in [-0.25, -0.2) is 0 Å². The van der Waals surface area contributed by atoms with Crippen molar-refractivity contribution in [2.24, 2.45) is 0 Å². The summed E-state index contributed by atoms with van der Waals surface area (Å²) in [5, 5.41) is 0. The average molecular weight is 327 g/mol. The van der Waals surface area contributed by atoms with Crippen LogP contribution in [0.5, 0.6) is 5.75 Å². The maximum absolute atomic E-state index is 12.5. The number of carbonyl (C=O) groups is 1. The van der Waals surface area contributed by atoms with Crippen molar-refractivity contribution in [2.45, 2.75) is 19.9 Å². The Bertz CT molecular complexity index is 611. The smallest absolute Gasteiger partial charge is 0.260 e. The molecular formula is C20H25NO3. The summed E-state index contributed by atoms with van der Waals surface area (Å²) in [6.07, 6.45) is 0.987. The Balaban J connectivity index is 1.93. The molecule has 0 aromatic heterocycles. The molecule has 0 aliphatic carbocycles. The standard InChI is InChI=1S/C20H25NO3/c1-3-17-9-11-19(12-10-17)24-16-20(22)21(13-14-23-2)15-18-7-5-4-6-8-18/h4-12H,3,13-16H2,1-2H3. The van der Waals surface area contributed by atoms with Crippen molar-refractivity contribution in [2.75, 3.05) is 26.9 Å². The Kier molecular flexibility index (Phi) is 7.30. The molecule has 0 aliphatic rings. The van der Waals surface area contributed by atoms with Crippen LogP contribution in [0.15, 0.2) is 54.6 Å². The molecule has 0 radical (unpaired) electrons. The minimum atomic E-state index is -0.0459. The third-order valence-electron chi connectivity index (χ3n) is 3.83. The lowest BCUT2D eigenvalue weighted by Gasteiger charge is -2.22. The normalized spacial score (nSPS) is 10.4. The van der Waals surface area contributed by atoms with Gasteiger partial charge < -0.3 is 14.4 Å². The Labute approximate surface area is 144 Å². The molecule has 0 saturated heterocycles. The second-order valence-electron chi connectivity index (χ2n) is 5.58. The second-order valence-corrected chi connectivity index (χ2v) is 5.58. The van der Waals surface area contributed by atoms with E-state index in [1.54, 1.807) is 12.0 Å². The van der Waals surface area contributed by atoms with E-state index in [4.69, 9.17) is 9.47 Å². The van der Waals surface area contributed by atoms with Crippen molar-refractivity contribution in [1.82, 2.24) is 4.90 Å². The molecule has 4 nitrogen and oxygen atoms in total. The number of hydrogen-bond donors (Lipinski definition) is 0. The van der Waals surface area contributed by atoms with Gasteiger partial charge in [0, 0.05) is 20.2 Å². The van der Waals surface area contributed by atoms with Gasteiger partial charge in [0.2, 0.25) is 0 Å². The van der Waals surface area contributed by atoms with Gasteiger partial charge in [0.15, 0.2) is 6.61 Å². The molecule has 4 heteroatoms. The van der Waals surface area contributed by atoms with Gasteiger partial charge in [-0.1, -0.05) is 49.4 Å². The Morgan fingerprint density at radius 1 is 1.00 bits per heavy atom. The lowest BCUT2D eigenvalue weighted by atomic mass is 10.2. The van der Waals surface area contributed by atoms with E-state index >= 15 is 0 Å². The van der Waals surface area contributed by atoms with E-state index in [1.807, 2.05) is 54.6 Å². The number of nitrogens with zero attached hydrogens (tertiary/aromatic N) is 1. The van der Waals surface area contributed by atoms with E-state index in [0.29, 0.717) is 25.4 Å². The van der Waals surface area contributed by atoms with Crippen LogP contribution in [0, 0.1) is 0 Å². The third-order valence-corrected chi connectivity index (χ3v) is 3.83. The molecule has 2 aromatic carbocycles. The summed E-state index contributed by atoms with van der Waals surface area (Å²) in [6, 6.07) is 17.8. The fourth-order valence-corrected chi connectivity index (χ4v) is 2.35. The minimum Gasteiger partial charge on any atom is -0.484 e. The first-order valence-electron chi connectivity index (χ1n) is 8.25. The number of benzene rings is 2. The maximum Gasteiger partial charge on any atom is 0.260 e. The van der Waals surface area contributed by atoms with E-state index in [1.165, 1.54) is 5.56 Å². The molecule has 0 N–H and O–H groups in total. The summed E-state index contributed by atoms with van der Waals surface area (Å²) in [7, 11) is 1.64. The summed E-state index contributed by atoms with van der Waals surface area (Å²) in [5.41, 5.74) is 2.34. The van der Waals surface area contributed by atoms with E-state index < -0.39 is 0 Å². The number of hydrogen-bond acceptors (Lipinski definition) is 3. The zero-order valence-corrected chi connectivity index (χ0v) is 14.4. The molecule has 2 aromatic rings. The first kappa shape index (κ1) is 18.0. The topological polar surface area (TPSA) is 38.8 Å².